The van der Waals surface area contributed by atoms with Crippen LogP contribution in [0.2, 0.25) is 0 Å². The number of benzene rings is 2. The second-order valence-corrected chi connectivity index (χ2v) is 7.15. The predicted octanol–water partition coefficient (Wildman–Crippen LogP) is 4.06. The van der Waals surface area contributed by atoms with E-state index in [-0.39, 0.29) is 18.3 Å². The van der Waals surface area contributed by atoms with E-state index in [1.54, 1.807) is 0 Å². The molecule has 0 N–H and O–H groups in total. The largest absolute Gasteiger partial charge is 0.455 e. The van der Waals surface area contributed by atoms with Crippen LogP contribution in [0, 0.1) is 0 Å². The number of fused-ring (bicyclic) bond motifs is 1. The zero-order valence-corrected chi connectivity index (χ0v) is 15.0. The van der Waals surface area contributed by atoms with Gasteiger partial charge in [0, 0.05) is 10.5 Å². The van der Waals surface area contributed by atoms with Gasteiger partial charge in [-0.3, -0.25) is 4.79 Å². The van der Waals surface area contributed by atoms with E-state index in [9.17, 15) is 4.79 Å². The smallest absolute Gasteiger partial charge is 0.316 e. The molecule has 1 aromatic heterocycles. The van der Waals surface area contributed by atoms with Crippen LogP contribution in [0.15, 0.2) is 57.8 Å². The number of carbonyl (C=O) groups excluding carboxylic acids is 1. The van der Waals surface area contributed by atoms with Crippen LogP contribution in [0.5, 0.6) is 0 Å². The lowest BCUT2D eigenvalue weighted by atomic mass is 10.1. The van der Waals surface area contributed by atoms with Gasteiger partial charge in [-0.25, -0.2) is 0 Å². The van der Waals surface area contributed by atoms with Crippen LogP contribution in [-0.2, 0) is 29.0 Å². The van der Waals surface area contributed by atoms with E-state index in [4.69, 9.17) is 9.15 Å². The number of carbonyl (C=O) groups is 1. The van der Waals surface area contributed by atoms with Crippen molar-refractivity contribution in [1.29, 1.82) is 0 Å². The summed E-state index contributed by atoms with van der Waals surface area (Å²) in [6, 6.07) is 15.9. The normalized spacial score (nSPS) is 12.8. The molecule has 0 radical (unpaired) electrons. The van der Waals surface area contributed by atoms with E-state index >= 15 is 0 Å². The molecular weight excluding hydrogens is 348 g/mol. The van der Waals surface area contributed by atoms with Crippen molar-refractivity contribution >= 4 is 17.7 Å². The third kappa shape index (κ3) is 3.96. The molecule has 26 heavy (non-hydrogen) atoms. The maximum absolute atomic E-state index is 12.0. The van der Waals surface area contributed by atoms with Gasteiger partial charge in [-0.15, -0.1) is 22.0 Å². The van der Waals surface area contributed by atoms with Crippen LogP contribution < -0.4 is 0 Å². The summed E-state index contributed by atoms with van der Waals surface area (Å²) in [5.74, 6) is 0.678. The number of rotatable bonds is 6. The molecular formula is C20H18N2O3S. The van der Waals surface area contributed by atoms with Crippen molar-refractivity contribution < 1.29 is 13.9 Å². The third-order valence-corrected chi connectivity index (χ3v) is 5.24. The Morgan fingerprint density at radius 1 is 1.08 bits per heavy atom. The highest BCUT2D eigenvalue weighted by Crippen LogP contribution is 2.27. The molecule has 4 rings (SSSR count). The van der Waals surface area contributed by atoms with Crippen molar-refractivity contribution in [2.45, 2.75) is 30.8 Å². The van der Waals surface area contributed by atoms with E-state index in [2.05, 4.69) is 28.4 Å². The number of esters is 1. The Kier molecular flexibility index (Phi) is 5.02. The van der Waals surface area contributed by atoms with Crippen LogP contribution in [0.4, 0.5) is 0 Å². The van der Waals surface area contributed by atoms with Crippen molar-refractivity contribution in [3.8, 4) is 11.5 Å². The van der Waals surface area contributed by atoms with Crippen molar-refractivity contribution in [2.75, 3.05) is 5.75 Å². The summed E-state index contributed by atoms with van der Waals surface area (Å²) < 4.78 is 10.8. The number of aromatic nitrogens is 2. The molecule has 3 aromatic rings. The zero-order chi connectivity index (χ0) is 17.8. The Morgan fingerprint density at radius 2 is 1.92 bits per heavy atom. The van der Waals surface area contributed by atoms with Crippen LogP contribution in [0.3, 0.4) is 0 Å². The first-order valence-electron chi connectivity index (χ1n) is 8.56. The monoisotopic (exact) mass is 366 g/mol. The van der Waals surface area contributed by atoms with Gasteiger partial charge >= 0.3 is 5.97 Å². The Hall–Kier alpha value is -2.60. The molecule has 0 saturated heterocycles. The lowest BCUT2D eigenvalue weighted by Crippen LogP contribution is -2.07. The summed E-state index contributed by atoms with van der Waals surface area (Å²) in [5, 5.41) is 7.90. The van der Waals surface area contributed by atoms with Gasteiger partial charge in [-0.1, -0.05) is 24.3 Å². The van der Waals surface area contributed by atoms with Crippen molar-refractivity contribution in [3.63, 3.8) is 0 Å². The van der Waals surface area contributed by atoms with Gasteiger partial charge in [0.05, 0.1) is 5.75 Å². The molecule has 0 bridgehead atoms. The average Bonchev–Trinajstić information content (AvgIpc) is 3.34. The zero-order valence-electron chi connectivity index (χ0n) is 14.2. The first-order chi connectivity index (χ1) is 12.8. The molecule has 1 aliphatic carbocycles. The van der Waals surface area contributed by atoms with E-state index < -0.39 is 0 Å². The molecule has 0 spiro atoms. The average molecular weight is 366 g/mol. The fraction of sp³-hybridized carbons (Fsp3) is 0.250. The highest BCUT2D eigenvalue weighted by Gasteiger charge is 2.13. The first kappa shape index (κ1) is 16.8. The number of hydrogen-bond acceptors (Lipinski definition) is 6. The van der Waals surface area contributed by atoms with Gasteiger partial charge in [0.25, 0.3) is 5.89 Å². The summed E-state index contributed by atoms with van der Waals surface area (Å²) >= 11 is 1.49. The fourth-order valence-corrected chi connectivity index (χ4v) is 3.73. The van der Waals surface area contributed by atoms with Gasteiger partial charge in [0.2, 0.25) is 5.89 Å². The van der Waals surface area contributed by atoms with Crippen LogP contribution >= 0.6 is 11.8 Å². The lowest BCUT2D eigenvalue weighted by molar-refractivity contribution is -0.142. The SMILES string of the molecule is O=C(CSc1ccc2c(c1)CCC2)OCc1nnc(-c2ccccc2)o1. The highest BCUT2D eigenvalue weighted by atomic mass is 32.2. The van der Waals surface area contributed by atoms with Gasteiger partial charge < -0.3 is 9.15 Å². The van der Waals surface area contributed by atoms with Crippen molar-refractivity contribution in [1.82, 2.24) is 10.2 Å². The summed E-state index contributed by atoms with van der Waals surface area (Å²) in [5.41, 5.74) is 3.68. The number of aryl methyl sites for hydroxylation is 2. The molecule has 0 saturated carbocycles. The second-order valence-electron chi connectivity index (χ2n) is 6.10. The minimum Gasteiger partial charge on any atom is -0.455 e. The second kappa shape index (κ2) is 7.74. The molecule has 0 fully saturated rings. The molecule has 0 aliphatic heterocycles. The fourth-order valence-electron chi connectivity index (χ4n) is 2.97. The first-order valence-corrected chi connectivity index (χ1v) is 9.54. The van der Waals surface area contributed by atoms with Crippen LogP contribution in [-0.4, -0.2) is 21.9 Å². The molecule has 1 heterocycles. The van der Waals surface area contributed by atoms with E-state index in [1.165, 1.54) is 29.3 Å². The van der Waals surface area contributed by atoms with Crippen molar-refractivity contribution in [2.24, 2.45) is 0 Å². The highest BCUT2D eigenvalue weighted by molar-refractivity contribution is 8.00. The lowest BCUT2D eigenvalue weighted by Gasteiger charge is -2.05. The maximum atomic E-state index is 12.0. The van der Waals surface area contributed by atoms with E-state index in [0.29, 0.717) is 11.8 Å². The molecule has 0 unspecified atom stereocenters. The summed E-state index contributed by atoms with van der Waals surface area (Å²) in [6.07, 6.45) is 3.52. The molecule has 0 amide bonds. The number of ether oxygens (including phenoxy) is 1. The van der Waals surface area contributed by atoms with Gasteiger partial charge in [-0.2, -0.15) is 0 Å². The molecule has 132 valence electrons. The Labute approximate surface area is 155 Å². The van der Waals surface area contributed by atoms with Gasteiger partial charge in [0.15, 0.2) is 6.61 Å². The Balaban J connectivity index is 1.27. The Bertz CT molecular complexity index is 908. The molecule has 2 aromatic carbocycles. The number of hydrogen-bond donors (Lipinski definition) is 0. The molecule has 6 heteroatoms. The van der Waals surface area contributed by atoms with Crippen LogP contribution in [0.25, 0.3) is 11.5 Å². The number of thioether (sulfide) groups is 1. The van der Waals surface area contributed by atoms with Gasteiger partial charge in [0.1, 0.15) is 0 Å². The van der Waals surface area contributed by atoms with E-state index in [0.717, 1.165) is 23.3 Å². The van der Waals surface area contributed by atoms with E-state index in [1.807, 2.05) is 30.3 Å². The summed E-state index contributed by atoms with van der Waals surface area (Å²) in [7, 11) is 0. The Morgan fingerprint density at radius 3 is 2.81 bits per heavy atom. The molecule has 0 atom stereocenters. The van der Waals surface area contributed by atoms with Gasteiger partial charge in [-0.05, 0) is 54.7 Å². The third-order valence-electron chi connectivity index (χ3n) is 4.27. The summed E-state index contributed by atoms with van der Waals surface area (Å²) in [6.45, 7) is -0.0105. The molecule has 5 nitrogen and oxygen atoms in total. The standard InChI is InChI=1S/C20H18N2O3S/c23-19(13-26-17-10-9-14-7-4-8-16(14)11-17)24-12-18-21-22-20(25-18)15-5-2-1-3-6-15/h1-3,5-6,9-11H,4,7-8,12-13H2. The molecule has 1 aliphatic rings. The van der Waals surface area contributed by atoms with Crippen molar-refractivity contribution in [3.05, 3.63) is 65.5 Å². The summed E-state index contributed by atoms with van der Waals surface area (Å²) in [4.78, 5) is 13.1. The van der Waals surface area contributed by atoms with Crippen LogP contribution in [0.1, 0.15) is 23.4 Å². The minimum atomic E-state index is -0.296. The maximum Gasteiger partial charge on any atom is 0.316 e. The predicted molar refractivity (Wildman–Crippen MR) is 98.7 cm³/mol. The quantitative estimate of drug-likeness (QED) is 0.484. The topological polar surface area (TPSA) is 65.2 Å². The minimum absolute atomic E-state index is 0.0105. The number of nitrogens with zero attached hydrogens (tertiary/aromatic N) is 2.